The van der Waals surface area contributed by atoms with Gasteiger partial charge in [0, 0.05) is 12.3 Å². The van der Waals surface area contributed by atoms with E-state index in [0.717, 1.165) is 5.56 Å². The summed E-state index contributed by atoms with van der Waals surface area (Å²) in [4.78, 5) is 3.89. The average molecular weight is 308 g/mol. The van der Waals surface area contributed by atoms with Crippen molar-refractivity contribution in [3.05, 3.63) is 41.6 Å². The van der Waals surface area contributed by atoms with E-state index in [1.165, 1.54) is 31.5 Å². The number of nitrogens with one attached hydrogen (secondary N) is 1. The third kappa shape index (κ3) is 3.08. The minimum atomic E-state index is -3.87. The van der Waals surface area contributed by atoms with E-state index in [0.29, 0.717) is 11.3 Å². The molecule has 6 nitrogen and oxygen atoms in total. The molecule has 0 bridgehead atoms. The second-order valence-corrected chi connectivity index (χ2v) is 6.21. The number of anilines is 1. The van der Waals surface area contributed by atoms with Crippen LogP contribution in [0.2, 0.25) is 0 Å². The lowest BCUT2D eigenvalue weighted by Gasteiger charge is -2.13. The minimum Gasteiger partial charge on any atom is -0.504 e. The van der Waals surface area contributed by atoms with Crippen LogP contribution in [-0.2, 0) is 10.0 Å². The molecule has 0 aliphatic carbocycles. The van der Waals surface area contributed by atoms with Crippen LogP contribution in [0.5, 0.6) is 11.5 Å². The lowest BCUT2D eigenvalue weighted by atomic mass is 10.1. The van der Waals surface area contributed by atoms with Gasteiger partial charge in [-0.3, -0.25) is 4.72 Å². The Morgan fingerprint density at radius 2 is 1.95 bits per heavy atom. The van der Waals surface area contributed by atoms with Gasteiger partial charge in [-0.1, -0.05) is 6.07 Å². The minimum absolute atomic E-state index is 0.0787. The molecule has 0 radical (unpaired) electrons. The zero-order chi connectivity index (χ0) is 15.6. The first-order valence-electron chi connectivity index (χ1n) is 6.17. The van der Waals surface area contributed by atoms with E-state index in [-0.39, 0.29) is 16.5 Å². The van der Waals surface area contributed by atoms with Gasteiger partial charge >= 0.3 is 0 Å². The van der Waals surface area contributed by atoms with Gasteiger partial charge in [0.25, 0.3) is 10.0 Å². The summed E-state index contributed by atoms with van der Waals surface area (Å²) in [5.74, 6) is 0.125. The number of rotatable bonds is 4. The van der Waals surface area contributed by atoms with Crippen LogP contribution in [-0.4, -0.2) is 25.6 Å². The topological polar surface area (TPSA) is 88.5 Å². The van der Waals surface area contributed by atoms with Crippen molar-refractivity contribution >= 4 is 15.8 Å². The Morgan fingerprint density at radius 3 is 2.57 bits per heavy atom. The van der Waals surface area contributed by atoms with Crippen LogP contribution in [0.25, 0.3) is 0 Å². The van der Waals surface area contributed by atoms with Gasteiger partial charge in [0.15, 0.2) is 11.6 Å². The molecule has 0 saturated heterocycles. The van der Waals surface area contributed by atoms with Gasteiger partial charge in [0.05, 0.1) is 12.0 Å². The molecule has 2 N–H and O–H groups in total. The summed E-state index contributed by atoms with van der Waals surface area (Å²) in [6, 6.07) is 6.04. The predicted octanol–water partition coefficient (Wildman–Crippen LogP) is 2.21. The number of aromatic nitrogens is 1. The van der Waals surface area contributed by atoms with Gasteiger partial charge in [-0.25, -0.2) is 13.4 Å². The molecule has 112 valence electrons. The molecule has 0 spiro atoms. The van der Waals surface area contributed by atoms with Crippen LogP contribution in [0.3, 0.4) is 0 Å². The van der Waals surface area contributed by atoms with Crippen molar-refractivity contribution in [3.63, 3.8) is 0 Å². The van der Waals surface area contributed by atoms with Crippen LogP contribution in [0.15, 0.2) is 35.4 Å². The first-order valence-corrected chi connectivity index (χ1v) is 7.65. The van der Waals surface area contributed by atoms with E-state index in [2.05, 4.69) is 9.71 Å². The Morgan fingerprint density at radius 1 is 1.24 bits per heavy atom. The van der Waals surface area contributed by atoms with Crippen molar-refractivity contribution < 1.29 is 18.3 Å². The second-order valence-electron chi connectivity index (χ2n) is 4.56. The molecule has 7 heteroatoms. The van der Waals surface area contributed by atoms with Crippen molar-refractivity contribution in [2.24, 2.45) is 0 Å². The normalized spacial score (nSPS) is 11.2. The molecule has 0 saturated carbocycles. The number of hydrogen-bond donors (Lipinski definition) is 2. The number of ether oxygens (including phenoxy) is 1. The van der Waals surface area contributed by atoms with Crippen LogP contribution in [0.4, 0.5) is 5.82 Å². The number of aromatic hydroxyl groups is 1. The first-order chi connectivity index (χ1) is 9.85. The van der Waals surface area contributed by atoms with Crippen LogP contribution in [0.1, 0.15) is 11.1 Å². The summed E-state index contributed by atoms with van der Waals surface area (Å²) in [5, 5.41) is 9.62. The van der Waals surface area contributed by atoms with E-state index >= 15 is 0 Å². The van der Waals surface area contributed by atoms with Crippen molar-refractivity contribution in [3.8, 4) is 11.5 Å². The Kier molecular flexibility index (Phi) is 4.04. The summed E-state index contributed by atoms with van der Waals surface area (Å²) in [6.07, 6.45) is 1.39. The molecule has 2 aromatic rings. The zero-order valence-electron chi connectivity index (χ0n) is 11.9. The Labute approximate surface area is 123 Å². The fourth-order valence-electron chi connectivity index (χ4n) is 1.98. The highest BCUT2D eigenvalue weighted by atomic mass is 32.2. The zero-order valence-corrected chi connectivity index (χ0v) is 12.7. The van der Waals surface area contributed by atoms with Crippen molar-refractivity contribution in [2.45, 2.75) is 18.7 Å². The highest BCUT2D eigenvalue weighted by Crippen LogP contribution is 2.28. The smallest absolute Gasteiger partial charge is 0.263 e. The molecule has 1 aromatic carbocycles. The average Bonchev–Trinajstić information content (AvgIpc) is 2.41. The van der Waals surface area contributed by atoms with Gasteiger partial charge in [0.2, 0.25) is 0 Å². The summed E-state index contributed by atoms with van der Waals surface area (Å²) >= 11 is 0. The standard InChI is InChI=1S/C14H16N2O4S/c1-9-7-10(2)13(8-12(9)20-3)21(18,19)16-14-11(17)5-4-6-15-14/h4-8,17H,1-3H3,(H,15,16). The van der Waals surface area contributed by atoms with Crippen molar-refractivity contribution in [1.82, 2.24) is 4.98 Å². The third-order valence-corrected chi connectivity index (χ3v) is 4.48. The Balaban J connectivity index is 2.47. The Hall–Kier alpha value is -2.28. The van der Waals surface area contributed by atoms with E-state index in [9.17, 15) is 13.5 Å². The molecular weight excluding hydrogens is 292 g/mol. The molecule has 0 amide bonds. The van der Waals surface area contributed by atoms with E-state index < -0.39 is 10.0 Å². The quantitative estimate of drug-likeness (QED) is 0.904. The maximum Gasteiger partial charge on any atom is 0.263 e. The summed E-state index contributed by atoms with van der Waals surface area (Å²) in [6.45, 7) is 3.53. The second kappa shape index (κ2) is 5.61. The third-order valence-electron chi connectivity index (χ3n) is 3.00. The molecular formula is C14H16N2O4S. The number of benzene rings is 1. The SMILES string of the molecule is COc1cc(S(=O)(=O)Nc2ncccc2O)c(C)cc1C. The van der Waals surface area contributed by atoms with Crippen LogP contribution in [0, 0.1) is 13.8 Å². The van der Waals surface area contributed by atoms with E-state index in [4.69, 9.17) is 4.74 Å². The molecule has 1 aromatic heterocycles. The molecule has 0 atom stereocenters. The van der Waals surface area contributed by atoms with Gasteiger partial charge < -0.3 is 9.84 Å². The lowest BCUT2D eigenvalue weighted by Crippen LogP contribution is -2.15. The summed E-state index contributed by atoms with van der Waals surface area (Å²) in [7, 11) is -2.39. The van der Waals surface area contributed by atoms with Crippen LogP contribution >= 0.6 is 0 Å². The fraction of sp³-hybridized carbons (Fsp3) is 0.214. The number of nitrogens with zero attached hydrogens (tertiary/aromatic N) is 1. The molecule has 0 unspecified atom stereocenters. The maximum atomic E-state index is 12.4. The van der Waals surface area contributed by atoms with Gasteiger partial charge in [-0.05, 0) is 37.1 Å². The molecule has 1 heterocycles. The van der Waals surface area contributed by atoms with Crippen molar-refractivity contribution in [2.75, 3.05) is 11.8 Å². The number of sulfonamides is 1. The molecule has 21 heavy (non-hydrogen) atoms. The number of aryl methyl sites for hydroxylation is 2. The summed E-state index contributed by atoms with van der Waals surface area (Å²) in [5.41, 5.74) is 1.42. The Bertz CT molecular complexity index is 773. The number of methoxy groups -OCH3 is 1. The molecule has 0 aliphatic heterocycles. The molecule has 2 rings (SSSR count). The highest BCUT2D eigenvalue weighted by Gasteiger charge is 2.20. The highest BCUT2D eigenvalue weighted by molar-refractivity contribution is 7.92. The maximum absolute atomic E-state index is 12.4. The van der Waals surface area contributed by atoms with Gasteiger partial charge in [-0.15, -0.1) is 0 Å². The largest absolute Gasteiger partial charge is 0.504 e. The molecule has 0 fully saturated rings. The predicted molar refractivity (Wildman–Crippen MR) is 79.2 cm³/mol. The van der Waals surface area contributed by atoms with Crippen molar-refractivity contribution in [1.29, 1.82) is 0 Å². The van der Waals surface area contributed by atoms with E-state index in [1.807, 2.05) is 6.92 Å². The number of pyridine rings is 1. The van der Waals surface area contributed by atoms with E-state index in [1.54, 1.807) is 13.0 Å². The molecule has 0 aliphatic rings. The fourth-order valence-corrected chi connectivity index (χ4v) is 3.25. The van der Waals surface area contributed by atoms with Gasteiger partial charge in [0.1, 0.15) is 5.75 Å². The summed E-state index contributed by atoms with van der Waals surface area (Å²) < 4.78 is 32.3. The number of hydrogen-bond acceptors (Lipinski definition) is 5. The van der Waals surface area contributed by atoms with Gasteiger partial charge in [-0.2, -0.15) is 0 Å². The van der Waals surface area contributed by atoms with Crippen LogP contribution < -0.4 is 9.46 Å². The lowest BCUT2D eigenvalue weighted by molar-refractivity contribution is 0.410. The monoisotopic (exact) mass is 308 g/mol. The first kappa shape index (κ1) is 15.1.